The van der Waals surface area contributed by atoms with Gasteiger partial charge in [0.15, 0.2) is 11.4 Å². The van der Waals surface area contributed by atoms with E-state index in [-0.39, 0.29) is 170 Å². The summed E-state index contributed by atoms with van der Waals surface area (Å²) in [6.45, 7) is 11.5. The quantitative estimate of drug-likeness (QED) is 0.0202. The van der Waals surface area contributed by atoms with Crippen molar-refractivity contribution in [2.45, 2.75) is 254 Å². The average Bonchev–Trinajstić information content (AvgIpc) is 0.895. The molecule has 4 aromatic rings. The van der Waals surface area contributed by atoms with E-state index in [1.807, 2.05) is 71.5 Å². The molecular weight excluding hydrogens is 1300 g/mol. The van der Waals surface area contributed by atoms with E-state index in [2.05, 4.69) is 71.4 Å². The van der Waals surface area contributed by atoms with E-state index < -0.39 is 17.7 Å². The summed E-state index contributed by atoms with van der Waals surface area (Å²) in [5.41, 5.74) is 1.46. The van der Waals surface area contributed by atoms with Gasteiger partial charge in [0.25, 0.3) is 17.6 Å². The number of carbonyl (C=O) groups is 3. The molecule has 2 aromatic heterocycles. The summed E-state index contributed by atoms with van der Waals surface area (Å²) in [6.07, 6.45) is 30.2. The van der Waals surface area contributed by atoms with Gasteiger partial charge in [0.2, 0.25) is 11.4 Å². The average molecular weight is 1390 g/mol. The fourth-order valence-electron chi connectivity index (χ4n) is 16.9. The topological polar surface area (TPSA) is 232 Å². The molecule has 0 radical (unpaired) electrons. The number of carbonyl (C=O) groups excluding carboxylic acids is 3. The van der Waals surface area contributed by atoms with Crippen molar-refractivity contribution in [3.05, 3.63) is 80.6 Å². The molecule has 478 valence electrons. The predicted molar refractivity (Wildman–Crippen MR) is 343 cm³/mol. The molecule has 22 heteroatoms. The monoisotopic (exact) mass is 1390 g/mol. The molecule has 1 N–H and O–H groups in total. The third kappa shape index (κ3) is 18.7. The second kappa shape index (κ2) is 36.2. The Labute approximate surface area is 625 Å². The molecule has 0 amide bonds. The number of piperidine rings is 4. The first-order chi connectivity index (χ1) is 42.1. The Kier molecular flexibility index (Phi) is 30.2. The number of benzene rings is 2. The molecule has 8 fully saturated rings. The maximum absolute atomic E-state index is 14.3. The third-order valence-electron chi connectivity index (χ3n) is 19.8. The summed E-state index contributed by atoms with van der Waals surface area (Å²) in [5, 5.41) is 25.3. The number of alkyl halides is 1. The van der Waals surface area contributed by atoms with Crippen LogP contribution in [0.25, 0.3) is 22.1 Å². The second-order valence-corrected chi connectivity index (χ2v) is 28.8. The Morgan fingerprint density at radius 2 is 0.933 bits per heavy atom. The first kappa shape index (κ1) is 74.3. The molecule has 19 nitrogen and oxygen atoms in total. The predicted octanol–water partition coefficient (Wildman–Crippen LogP) is 5.45. The number of aromatic nitrogens is 4. The summed E-state index contributed by atoms with van der Waals surface area (Å²) in [5.74, 6) is 2.02. The van der Waals surface area contributed by atoms with Crippen molar-refractivity contribution in [2.24, 2.45) is 34.0 Å². The number of rotatable bonds is 13. The number of esters is 2. The van der Waals surface area contributed by atoms with Crippen LogP contribution in [-0.2, 0) is 33.6 Å². The van der Waals surface area contributed by atoms with Gasteiger partial charge in [-0.05, 0) is 166 Å². The second-order valence-electron chi connectivity index (χ2n) is 26.3. The summed E-state index contributed by atoms with van der Waals surface area (Å²) >= 11 is 2.34. The van der Waals surface area contributed by atoms with E-state index in [1.54, 1.807) is 13.8 Å². The molecule has 4 saturated heterocycles. The molecule has 4 aliphatic heterocycles. The van der Waals surface area contributed by atoms with Crippen LogP contribution in [-0.4, -0.2) is 123 Å². The molecule has 2 aromatic carbocycles. The number of para-hydroxylation sites is 4. The largest absolute Gasteiger partial charge is 1.00 e. The fourth-order valence-corrected chi connectivity index (χ4v) is 16.9. The van der Waals surface area contributed by atoms with E-state index in [0.717, 1.165) is 64.3 Å². The van der Waals surface area contributed by atoms with Crippen molar-refractivity contribution >= 4 is 74.5 Å². The van der Waals surface area contributed by atoms with Crippen LogP contribution >= 0.6 is 22.6 Å². The van der Waals surface area contributed by atoms with E-state index in [9.17, 15) is 24.4 Å². The van der Waals surface area contributed by atoms with Crippen LogP contribution in [0.1, 0.15) is 221 Å². The summed E-state index contributed by atoms with van der Waals surface area (Å²) < 4.78 is 14.9. The number of hydrogen-bond acceptors (Lipinski definition) is 17. The number of ether oxygens (including phenoxy) is 2. The standard InChI is InChI=1S/C33H46N4O4.C30H40N4O4.C3H7I.CH2O3.2K.H/c1-4-40-33(39)31(35-41-21(2)3)30-32(38)37(29-15-8-7-14-28(29)34-30)27-19-24-12-9-13-25(20-27)36(24)26-17-22-10-5-6-11-23(16-22)18-26;1-2-38-30(36)28(32-37)27-29(35)34(26-13-6-5-12-25(26)31-27)24-17-21-10-7-11-22(18-24)33(21)23-15-19-8-3-4-9-20(14-19)16-23;1-3(2)4;2-1-4-3;;;/h7-8,14-15,21-27H,4-6,9-13,16-20H2,1-3H3;5-6,12-13,19-24,37H,2-4,7-11,14-18H2,1H3;3H,1-2H3;1,3H;;;/q;;;;2*+1;-1/p-1/t22?,23?,24-,25+,26?,27?;19?,20?,21-,22+,23?,24?;;;;;. The maximum Gasteiger partial charge on any atom is 1.00 e. The van der Waals surface area contributed by atoms with E-state index in [4.69, 9.17) is 24.4 Å². The number of fused-ring (bicyclic) bond motifs is 10. The fraction of sp³-hybridized carbons (Fsp3) is 0.687. The van der Waals surface area contributed by atoms with Crippen molar-refractivity contribution < 1.29 is 148 Å². The zero-order chi connectivity index (χ0) is 61.7. The van der Waals surface area contributed by atoms with Gasteiger partial charge in [0, 0.05) is 52.3 Å². The van der Waals surface area contributed by atoms with Gasteiger partial charge < -0.3 is 40.2 Å². The Balaban J connectivity index is 0.000000249. The Bertz CT molecular complexity index is 3110. The van der Waals surface area contributed by atoms with Crippen molar-refractivity contribution in [1.82, 2.24) is 28.9 Å². The van der Waals surface area contributed by atoms with E-state index in [0.29, 0.717) is 47.3 Å². The molecule has 8 bridgehead atoms. The van der Waals surface area contributed by atoms with Crippen molar-refractivity contribution in [3.63, 3.8) is 0 Å². The summed E-state index contributed by atoms with van der Waals surface area (Å²) in [4.78, 5) is 85.4. The minimum Gasteiger partial charge on any atom is -1.00 e. The third-order valence-corrected chi connectivity index (χ3v) is 19.8. The van der Waals surface area contributed by atoms with Crippen LogP contribution in [0.15, 0.2) is 68.4 Å². The summed E-state index contributed by atoms with van der Waals surface area (Å²) in [6, 6.07) is 18.6. The Morgan fingerprint density at radius 3 is 1.27 bits per heavy atom. The Hall–Kier alpha value is -2.05. The minimum atomic E-state index is -0.841. The number of nitrogens with zero attached hydrogens (tertiary/aromatic N) is 8. The van der Waals surface area contributed by atoms with E-state index >= 15 is 0 Å². The van der Waals surface area contributed by atoms with Crippen molar-refractivity contribution in [1.29, 1.82) is 0 Å². The van der Waals surface area contributed by atoms with Gasteiger partial charge in [-0.15, -0.1) is 0 Å². The summed E-state index contributed by atoms with van der Waals surface area (Å²) in [7, 11) is 0. The number of oxime groups is 2. The van der Waals surface area contributed by atoms with Crippen LogP contribution in [0, 0.1) is 23.7 Å². The smallest absolute Gasteiger partial charge is 1.00 e. The van der Waals surface area contributed by atoms with Crippen LogP contribution in [0.2, 0.25) is 0 Å². The molecule has 8 aliphatic rings. The van der Waals surface area contributed by atoms with Gasteiger partial charge in [-0.1, -0.05) is 135 Å². The SMILES string of the molecule is CC(C)I.CCOC(=O)C(=NO)c1nc2ccccc2n(C2C[C@H]3CCC[C@@H](C2)N3C2CC3CCCCC(C3)C2)c1=O.CCOC(=O)C(=NOC(C)C)c1nc2ccccc2n(C2C[C@H]3CCC[C@@H](C2)N3C2CC3CCCCC(C3)C2)c1=O.O=CO[O-].[H-].[K+].[K+]. The zero-order valence-electron chi connectivity index (χ0n) is 55.1. The van der Waals surface area contributed by atoms with Crippen LogP contribution in [0.4, 0.5) is 0 Å². The van der Waals surface area contributed by atoms with Crippen molar-refractivity contribution in [2.75, 3.05) is 13.2 Å². The van der Waals surface area contributed by atoms with Gasteiger partial charge in [-0.2, -0.15) is 0 Å². The van der Waals surface area contributed by atoms with Gasteiger partial charge >= 0.3 is 115 Å². The molecule has 4 saturated carbocycles. The molecule has 6 heterocycles. The molecule has 89 heavy (non-hydrogen) atoms. The zero-order valence-corrected chi connectivity index (χ0v) is 62.6. The molecule has 10 atom stereocenters. The van der Waals surface area contributed by atoms with Crippen LogP contribution in [0.3, 0.4) is 0 Å². The molecular formula is C67H95IK2N8O11. The van der Waals surface area contributed by atoms with Crippen molar-refractivity contribution in [3.8, 4) is 0 Å². The van der Waals surface area contributed by atoms with Gasteiger partial charge in [-0.3, -0.25) is 24.2 Å². The minimum absolute atomic E-state index is 0. The maximum atomic E-state index is 14.3. The van der Waals surface area contributed by atoms with E-state index in [1.165, 1.54) is 128 Å². The van der Waals surface area contributed by atoms with Crippen LogP contribution in [0.5, 0.6) is 0 Å². The molecule has 12 rings (SSSR count). The normalized spacial score (nSPS) is 28.5. The molecule has 0 spiro atoms. The van der Waals surface area contributed by atoms with Crippen LogP contribution < -0.4 is 119 Å². The van der Waals surface area contributed by atoms with Gasteiger partial charge in [0.1, 0.15) is 6.10 Å². The first-order valence-electron chi connectivity index (χ1n) is 32.9. The van der Waals surface area contributed by atoms with Gasteiger partial charge in [-0.25, -0.2) is 19.6 Å². The molecule has 4 aliphatic carbocycles. The van der Waals surface area contributed by atoms with Gasteiger partial charge in [0.05, 0.1) is 35.3 Å². The number of hydrogen-bond donors (Lipinski definition) is 1. The Morgan fingerprint density at radius 1 is 0.584 bits per heavy atom. The first-order valence-corrected chi connectivity index (χ1v) is 34.1. The molecule has 6 unspecified atom stereocenters. The number of halogens is 1.